The van der Waals surface area contributed by atoms with E-state index in [1.807, 2.05) is 12.1 Å². The highest BCUT2D eigenvalue weighted by atomic mass is 16.2. The van der Waals surface area contributed by atoms with Gasteiger partial charge in [0.05, 0.1) is 0 Å². The maximum atomic E-state index is 11.9. The van der Waals surface area contributed by atoms with Gasteiger partial charge in [-0.3, -0.25) is 9.59 Å². The number of aryl methyl sites for hydroxylation is 2. The highest BCUT2D eigenvalue weighted by molar-refractivity contribution is 6.02. The largest absolute Gasteiger partial charge is 0.321 e. The normalized spacial score (nSPS) is 13.1. The Morgan fingerprint density at radius 2 is 2.00 bits per heavy atom. The molecule has 1 amide bonds. The van der Waals surface area contributed by atoms with Gasteiger partial charge < -0.3 is 5.32 Å². The smallest absolute Gasteiger partial charge is 0.276 e. The minimum Gasteiger partial charge on any atom is -0.321 e. The van der Waals surface area contributed by atoms with Crippen LogP contribution >= 0.6 is 0 Å². The van der Waals surface area contributed by atoms with Crippen molar-refractivity contribution in [1.29, 1.82) is 0 Å². The number of carbonyl (C=O) groups is 1. The van der Waals surface area contributed by atoms with Gasteiger partial charge in [0, 0.05) is 11.8 Å². The summed E-state index contributed by atoms with van der Waals surface area (Å²) in [6.07, 6.45) is 3.36. The minimum atomic E-state index is -0.325. The number of amides is 1. The zero-order chi connectivity index (χ0) is 13.2. The van der Waals surface area contributed by atoms with Crippen molar-refractivity contribution < 1.29 is 4.79 Å². The van der Waals surface area contributed by atoms with Crippen molar-refractivity contribution >= 4 is 11.6 Å². The van der Waals surface area contributed by atoms with Gasteiger partial charge in [0.15, 0.2) is 0 Å². The highest BCUT2D eigenvalue weighted by Crippen LogP contribution is 2.24. The number of fused-ring (bicyclic) bond motifs is 1. The van der Waals surface area contributed by atoms with E-state index in [-0.39, 0.29) is 17.2 Å². The number of aromatic nitrogens is 2. The number of aromatic amines is 1. The Morgan fingerprint density at radius 1 is 1.16 bits per heavy atom. The molecule has 0 aliphatic heterocycles. The van der Waals surface area contributed by atoms with E-state index in [4.69, 9.17) is 0 Å². The SMILES string of the molecule is O=C(Nc1ccc2c(c1)CCC2)c1ccc(=O)[nH]n1. The van der Waals surface area contributed by atoms with Gasteiger partial charge in [-0.2, -0.15) is 5.10 Å². The van der Waals surface area contributed by atoms with Crippen LogP contribution in [0.4, 0.5) is 5.69 Å². The fourth-order valence-electron chi connectivity index (χ4n) is 2.32. The summed E-state index contributed by atoms with van der Waals surface area (Å²) >= 11 is 0. The number of nitrogens with zero attached hydrogens (tertiary/aromatic N) is 1. The van der Waals surface area contributed by atoms with Crippen LogP contribution in [0.2, 0.25) is 0 Å². The quantitative estimate of drug-likeness (QED) is 0.854. The van der Waals surface area contributed by atoms with Gasteiger partial charge >= 0.3 is 0 Å². The Morgan fingerprint density at radius 3 is 2.79 bits per heavy atom. The van der Waals surface area contributed by atoms with Crippen LogP contribution in [0.25, 0.3) is 0 Å². The molecular weight excluding hydrogens is 242 g/mol. The topological polar surface area (TPSA) is 74.8 Å². The Kier molecular flexibility index (Phi) is 2.87. The number of hydrogen-bond acceptors (Lipinski definition) is 3. The van der Waals surface area contributed by atoms with Gasteiger partial charge in [0.2, 0.25) is 0 Å². The predicted octanol–water partition coefficient (Wildman–Crippen LogP) is 1.51. The monoisotopic (exact) mass is 255 g/mol. The molecular formula is C14H13N3O2. The van der Waals surface area contributed by atoms with E-state index in [1.165, 1.54) is 29.7 Å². The lowest BCUT2D eigenvalue weighted by Gasteiger charge is -2.06. The number of nitrogens with one attached hydrogen (secondary N) is 2. The molecule has 0 spiro atoms. The van der Waals surface area contributed by atoms with E-state index >= 15 is 0 Å². The molecule has 19 heavy (non-hydrogen) atoms. The lowest BCUT2D eigenvalue weighted by atomic mass is 10.1. The molecule has 0 atom stereocenters. The molecule has 2 aromatic rings. The van der Waals surface area contributed by atoms with Gasteiger partial charge in [0.1, 0.15) is 5.69 Å². The van der Waals surface area contributed by atoms with E-state index in [2.05, 4.69) is 21.6 Å². The van der Waals surface area contributed by atoms with Crippen molar-refractivity contribution in [2.24, 2.45) is 0 Å². The molecule has 2 N–H and O–H groups in total. The molecule has 3 rings (SSSR count). The number of benzene rings is 1. The molecule has 1 aliphatic rings. The Labute approximate surface area is 109 Å². The van der Waals surface area contributed by atoms with Crippen LogP contribution in [-0.2, 0) is 12.8 Å². The van der Waals surface area contributed by atoms with Crippen LogP contribution in [0, 0.1) is 0 Å². The van der Waals surface area contributed by atoms with Crippen molar-refractivity contribution in [3.8, 4) is 0 Å². The van der Waals surface area contributed by atoms with Crippen LogP contribution in [0.1, 0.15) is 28.0 Å². The summed E-state index contributed by atoms with van der Waals surface area (Å²) in [5.74, 6) is -0.325. The number of H-pyrrole nitrogens is 1. The van der Waals surface area contributed by atoms with E-state index in [0.717, 1.165) is 18.5 Å². The molecule has 0 saturated heterocycles. The first-order valence-electron chi connectivity index (χ1n) is 6.21. The van der Waals surface area contributed by atoms with Crippen LogP contribution in [0.5, 0.6) is 0 Å². The predicted molar refractivity (Wildman–Crippen MR) is 71.3 cm³/mol. The molecule has 1 aromatic heterocycles. The molecule has 0 bridgehead atoms. The van der Waals surface area contributed by atoms with E-state index < -0.39 is 0 Å². The summed E-state index contributed by atoms with van der Waals surface area (Å²) in [7, 11) is 0. The molecule has 0 fully saturated rings. The number of rotatable bonds is 2. The number of hydrogen-bond donors (Lipinski definition) is 2. The fourth-order valence-corrected chi connectivity index (χ4v) is 2.32. The van der Waals surface area contributed by atoms with Crippen molar-refractivity contribution in [1.82, 2.24) is 10.2 Å². The number of anilines is 1. The third-order valence-corrected chi connectivity index (χ3v) is 3.27. The minimum absolute atomic E-state index is 0.195. The maximum absolute atomic E-state index is 11.9. The van der Waals surface area contributed by atoms with Crippen LogP contribution < -0.4 is 10.9 Å². The van der Waals surface area contributed by atoms with Crippen molar-refractivity contribution in [3.63, 3.8) is 0 Å². The summed E-state index contributed by atoms with van der Waals surface area (Å²) in [5.41, 5.74) is 3.29. The van der Waals surface area contributed by atoms with Crippen LogP contribution in [0.3, 0.4) is 0 Å². The lowest BCUT2D eigenvalue weighted by Crippen LogP contribution is -2.17. The van der Waals surface area contributed by atoms with Crippen molar-refractivity contribution in [2.45, 2.75) is 19.3 Å². The average Bonchev–Trinajstić information content (AvgIpc) is 2.87. The molecule has 0 saturated carbocycles. The van der Waals surface area contributed by atoms with Crippen LogP contribution in [0.15, 0.2) is 35.1 Å². The zero-order valence-electron chi connectivity index (χ0n) is 10.3. The first-order chi connectivity index (χ1) is 9.22. The van der Waals surface area contributed by atoms with Gasteiger partial charge in [-0.15, -0.1) is 0 Å². The van der Waals surface area contributed by atoms with E-state index in [9.17, 15) is 9.59 Å². The average molecular weight is 255 g/mol. The molecule has 5 nitrogen and oxygen atoms in total. The summed E-state index contributed by atoms with van der Waals surface area (Å²) in [6.45, 7) is 0. The molecule has 1 aliphatic carbocycles. The first-order valence-corrected chi connectivity index (χ1v) is 6.21. The first kappa shape index (κ1) is 11.6. The molecule has 1 heterocycles. The second-order valence-electron chi connectivity index (χ2n) is 4.60. The van der Waals surface area contributed by atoms with E-state index in [1.54, 1.807) is 0 Å². The van der Waals surface area contributed by atoms with Crippen molar-refractivity contribution in [2.75, 3.05) is 5.32 Å². The standard InChI is InChI=1S/C14H13N3O2/c18-13-7-6-12(16-17-13)14(19)15-11-5-4-9-2-1-3-10(9)8-11/h4-8H,1-3H2,(H,15,19)(H,17,18). The van der Waals surface area contributed by atoms with Gasteiger partial charge in [-0.05, 0) is 48.6 Å². The van der Waals surface area contributed by atoms with Gasteiger partial charge in [-0.25, -0.2) is 5.10 Å². The second kappa shape index (κ2) is 4.68. The number of carbonyl (C=O) groups excluding carboxylic acids is 1. The third kappa shape index (κ3) is 2.40. The molecule has 0 radical (unpaired) electrons. The molecule has 96 valence electrons. The maximum Gasteiger partial charge on any atom is 0.276 e. The Bertz CT molecular complexity index is 671. The zero-order valence-corrected chi connectivity index (χ0v) is 10.3. The summed E-state index contributed by atoms with van der Waals surface area (Å²) in [4.78, 5) is 22.8. The molecule has 5 heteroatoms. The highest BCUT2D eigenvalue weighted by Gasteiger charge is 2.13. The van der Waals surface area contributed by atoms with E-state index in [0.29, 0.717) is 0 Å². The second-order valence-corrected chi connectivity index (χ2v) is 4.60. The lowest BCUT2D eigenvalue weighted by molar-refractivity contribution is 0.102. The third-order valence-electron chi connectivity index (χ3n) is 3.27. The Balaban J connectivity index is 1.79. The summed E-state index contributed by atoms with van der Waals surface area (Å²) < 4.78 is 0. The molecule has 0 unspecified atom stereocenters. The van der Waals surface area contributed by atoms with Crippen LogP contribution in [-0.4, -0.2) is 16.1 Å². The summed E-state index contributed by atoms with van der Waals surface area (Å²) in [5, 5.41) is 8.72. The Hall–Kier alpha value is -2.43. The van der Waals surface area contributed by atoms with Crippen molar-refractivity contribution in [3.05, 3.63) is 57.5 Å². The van der Waals surface area contributed by atoms with Gasteiger partial charge in [0.25, 0.3) is 11.5 Å². The fraction of sp³-hybridized carbons (Fsp3) is 0.214. The van der Waals surface area contributed by atoms with Gasteiger partial charge in [-0.1, -0.05) is 6.07 Å². The molecule has 1 aromatic carbocycles. The summed E-state index contributed by atoms with van der Waals surface area (Å²) in [6, 6.07) is 8.64.